The van der Waals surface area contributed by atoms with Crippen molar-refractivity contribution in [1.29, 1.82) is 0 Å². The van der Waals surface area contributed by atoms with Crippen LogP contribution in [0.25, 0.3) is 0 Å². The Balaban J connectivity index is 3.57. The fraction of sp³-hybridized carbons (Fsp3) is 0.923. The van der Waals surface area contributed by atoms with Gasteiger partial charge in [-0.1, -0.05) is 20.8 Å². The maximum atomic E-state index is 10.7. The molecule has 1 N–H and O–H groups in total. The first kappa shape index (κ1) is 16.4. The number of aliphatic carboxylic acids is 1. The molecule has 0 aromatic rings. The van der Waals surface area contributed by atoms with Crippen LogP contribution in [0.5, 0.6) is 0 Å². The number of unbranched alkanes of at least 4 members (excludes halogenated alkanes) is 1. The van der Waals surface area contributed by atoms with Gasteiger partial charge in [0, 0.05) is 6.54 Å². The summed E-state index contributed by atoms with van der Waals surface area (Å²) in [6, 6.07) is 0. The van der Waals surface area contributed by atoms with Gasteiger partial charge in [-0.05, 0) is 46.1 Å². The molecule has 0 radical (unpaired) electrons. The van der Waals surface area contributed by atoms with Crippen LogP contribution in [0.15, 0.2) is 0 Å². The van der Waals surface area contributed by atoms with Gasteiger partial charge in [0.1, 0.15) is 0 Å². The smallest absolute Gasteiger partial charge is 0.307 e. The molecule has 17 heavy (non-hydrogen) atoms. The van der Waals surface area contributed by atoms with Crippen molar-refractivity contribution in [3.8, 4) is 0 Å². The molecule has 0 heterocycles. The van der Waals surface area contributed by atoms with Crippen LogP contribution in [-0.4, -0.2) is 60.6 Å². The van der Waals surface area contributed by atoms with E-state index in [1.807, 2.05) is 7.05 Å². The van der Waals surface area contributed by atoms with Gasteiger partial charge in [0.05, 0.1) is 5.92 Å². The minimum absolute atomic E-state index is 0.275. The lowest BCUT2D eigenvalue weighted by atomic mass is 10.1. The second-order valence-electron chi connectivity index (χ2n) is 4.74. The Morgan fingerprint density at radius 3 is 2.18 bits per heavy atom. The molecule has 4 nitrogen and oxygen atoms in total. The van der Waals surface area contributed by atoms with Crippen LogP contribution in [0.2, 0.25) is 0 Å². The Labute approximate surface area is 106 Å². The lowest BCUT2D eigenvalue weighted by Gasteiger charge is -2.21. The summed E-state index contributed by atoms with van der Waals surface area (Å²) in [5.41, 5.74) is 0. The van der Waals surface area contributed by atoms with Crippen LogP contribution in [0.3, 0.4) is 0 Å². The molecule has 1 unspecified atom stereocenters. The monoisotopic (exact) mass is 244 g/mol. The van der Waals surface area contributed by atoms with E-state index in [0.29, 0.717) is 6.54 Å². The molecule has 0 aromatic heterocycles. The largest absolute Gasteiger partial charge is 0.481 e. The molecular formula is C13H28N2O2. The highest BCUT2D eigenvalue weighted by atomic mass is 16.4. The predicted molar refractivity (Wildman–Crippen MR) is 71.3 cm³/mol. The molecular weight excluding hydrogens is 216 g/mol. The second-order valence-corrected chi connectivity index (χ2v) is 4.74. The second kappa shape index (κ2) is 9.42. The normalized spacial score (nSPS) is 13.3. The number of hydrogen-bond acceptors (Lipinski definition) is 3. The molecule has 0 amide bonds. The Morgan fingerprint density at radius 1 is 1.18 bits per heavy atom. The summed E-state index contributed by atoms with van der Waals surface area (Å²) in [4.78, 5) is 15.2. The van der Waals surface area contributed by atoms with Gasteiger partial charge in [-0.15, -0.1) is 0 Å². The van der Waals surface area contributed by atoms with Crippen molar-refractivity contribution in [3.05, 3.63) is 0 Å². The van der Waals surface area contributed by atoms with E-state index >= 15 is 0 Å². The molecule has 0 bridgehead atoms. The molecule has 102 valence electrons. The number of nitrogens with zero attached hydrogens (tertiary/aromatic N) is 2. The van der Waals surface area contributed by atoms with Gasteiger partial charge in [-0.25, -0.2) is 0 Å². The third kappa shape index (κ3) is 8.16. The zero-order valence-corrected chi connectivity index (χ0v) is 11.8. The summed E-state index contributed by atoms with van der Waals surface area (Å²) in [7, 11) is 2.00. The Morgan fingerprint density at radius 2 is 1.71 bits per heavy atom. The SMILES string of the molecule is CCN(CC)CCCCN(C)CC(C)C(=O)O. The van der Waals surface area contributed by atoms with Crippen LogP contribution in [0.1, 0.15) is 33.6 Å². The first-order chi connectivity index (χ1) is 8.01. The third-order valence-corrected chi connectivity index (χ3v) is 3.17. The summed E-state index contributed by atoms with van der Waals surface area (Å²) in [5, 5.41) is 8.81. The summed E-state index contributed by atoms with van der Waals surface area (Å²) >= 11 is 0. The maximum Gasteiger partial charge on any atom is 0.307 e. The Bertz CT molecular complexity index is 206. The molecule has 0 aliphatic heterocycles. The molecule has 0 saturated carbocycles. The van der Waals surface area contributed by atoms with Crippen LogP contribution in [-0.2, 0) is 4.79 Å². The lowest BCUT2D eigenvalue weighted by Crippen LogP contribution is -2.30. The number of hydrogen-bond donors (Lipinski definition) is 1. The van der Waals surface area contributed by atoms with E-state index in [1.54, 1.807) is 6.92 Å². The summed E-state index contributed by atoms with van der Waals surface area (Å²) in [6.07, 6.45) is 2.33. The Kier molecular flexibility index (Phi) is 9.09. The molecule has 0 rings (SSSR count). The summed E-state index contributed by atoms with van der Waals surface area (Å²) in [6.45, 7) is 11.1. The highest BCUT2D eigenvalue weighted by Crippen LogP contribution is 2.01. The van der Waals surface area contributed by atoms with Crippen molar-refractivity contribution in [3.63, 3.8) is 0 Å². The first-order valence-corrected chi connectivity index (χ1v) is 6.64. The van der Waals surface area contributed by atoms with E-state index in [4.69, 9.17) is 5.11 Å². The first-order valence-electron chi connectivity index (χ1n) is 6.64. The summed E-state index contributed by atoms with van der Waals surface area (Å²) < 4.78 is 0. The lowest BCUT2D eigenvalue weighted by molar-refractivity contribution is -0.141. The quantitative estimate of drug-likeness (QED) is 0.595. The minimum atomic E-state index is -0.708. The van der Waals surface area contributed by atoms with Gasteiger partial charge in [-0.2, -0.15) is 0 Å². The predicted octanol–water partition coefficient (Wildman–Crippen LogP) is 1.76. The fourth-order valence-electron chi connectivity index (χ4n) is 1.89. The van der Waals surface area contributed by atoms with Crippen LogP contribution >= 0.6 is 0 Å². The molecule has 0 aliphatic carbocycles. The number of carboxylic acids is 1. The van der Waals surface area contributed by atoms with Crippen molar-refractivity contribution >= 4 is 5.97 Å². The number of rotatable bonds is 10. The van der Waals surface area contributed by atoms with Gasteiger partial charge < -0.3 is 14.9 Å². The van der Waals surface area contributed by atoms with Crippen molar-refractivity contribution in [2.75, 3.05) is 39.8 Å². The Hall–Kier alpha value is -0.610. The van der Waals surface area contributed by atoms with Crippen LogP contribution < -0.4 is 0 Å². The zero-order chi connectivity index (χ0) is 13.3. The average molecular weight is 244 g/mol. The fourth-order valence-corrected chi connectivity index (χ4v) is 1.89. The zero-order valence-electron chi connectivity index (χ0n) is 11.8. The van der Waals surface area contributed by atoms with E-state index in [2.05, 4.69) is 23.6 Å². The van der Waals surface area contributed by atoms with Gasteiger partial charge in [0.25, 0.3) is 0 Å². The number of carbonyl (C=O) groups is 1. The van der Waals surface area contributed by atoms with E-state index < -0.39 is 5.97 Å². The van der Waals surface area contributed by atoms with E-state index in [1.165, 1.54) is 6.42 Å². The molecule has 0 saturated heterocycles. The summed E-state index contributed by atoms with van der Waals surface area (Å²) in [5.74, 6) is -0.984. The molecule has 4 heteroatoms. The average Bonchev–Trinajstić information content (AvgIpc) is 2.29. The highest BCUT2D eigenvalue weighted by Gasteiger charge is 2.12. The van der Waals surface area contributed by atoms with Crippen molar-refractivity contribution in [2.45, 2.75) is 33.6 Å². The van der Waals surface area contributed by atoms with Gasteiger partial charge in [0.2, 0.25) is 0 Å². The highest BCUT2D eigenvalue weighted by molar-refractivity contribution is 5.69. The molecule has 0 fully saturated rings. The standard InChI is InChI=1S/C13H28N2O2/c1-5-15(6-2)10-8-7-9-14(4)11-12(3)13(16)17/h12H,5-11H2,1-4H3,(H,16,17). The topological polar surface area (TPSA) is 43.8 Å². The van der Waals surface area contributed by atoms with E-state index in [-0.39, 0.29) is 5.92 Å². The van der Waals surface area contributed by atoms with Crippen LogP contribution in [0.4, 0.5) is 0 Å². The van der Waals surface area contributed by atoms with E-state index in [0.717, 1.165) is 32.6 Å². The van der Waals surface area contributed by atoms with Crippen molar-refractivity contribution in [1.82, 2.24) is 9.80 Å². The molecule has 0 spiro atoms. The van der Waals surface area contributed by atoms with E-state index in [9.17, 15) is 4.79 Å². The van der Waals surface area contributed by atoms with Gasteiger partial charge in [-0.3, -0.25) is 4.79 Å². The third-order valence-electron chi connectivity index (χ3n) is 3.17. The molecule has 1 atom stereocenters. The van der Waals surface area contributed by atoms with Crippen molar-refractivity contribution < 1.29 is 9.90 Å². The van der Waals surface area contributed by atoms with Crippen LogP contribution in [0, 0.1) is 5.92 Å². The minimum Gasteiger partial charge on any atom is -0.481 e. The number of carboxylic acid groups (broad SMARTS) is 1. The maximum absolute atomic E-state index is 10.7. The van der Waals surface area contributed by atoms with Gasteiger partial charge >= 0.3 is 5.97 Å². The van der Waals surface area contributed by atoms with Gasteiger partial charge in [0.15, 0.2) is 0 Å². The van der Waals surface area contributed by atoms with Crippen molar-refractivity contribution in [2.24, 2.45) is 5.92 Å². The molecule has 0 aliphatic rings. The molecule has 0 aromatic carbocycles.